The summed E-state index contributed by atoms with van der Waals surface area (Å²) in [5.41, 5.74) is 0. The Kier molecular flexibility index (Phi) is 11.0. The number of rotatable bonds is 7. The second kappa shape index (κ2) is 13.5. The third-order valence-electron chi connectivity index (χ3n) is 10.5. The van der Waals surface area contributed by atoms with Crippen molar-refractivity contribution in [1.29, 1.82) is 0 Å². The Morgan fingerprint density at radius 1 is 0.667 bits per heavy atom. The number of allylic oxidation sites excluding steroid dienone is 3. The topological polar surface area (TPSA) is 0 Å². The van der Waals surface area contributed by atoms with E-state index in [-0.39, 0.29) is 0 Å². The Labute approximate surface area is 233 Å². The van der Waals surface area contributed by atoms with Crippen LogP contribution in [0.2, 0.25) is 0 Å². The van der Waals surface area contributed by atoms with Crippen LogP contribution in [0.25, 0.3) is 0 Å². The summed E-state index contributed by atoms with van der Waals surface area (Å²) >= 11 is 5.46. The van der Waals surface area contributed by atoms with E-state index in [1.165, 1.54) is 89.9 Å². The van der Waals surface area contributed by atoms with E-state index in [1.807, 2.05) is 0 Å². The average molecular weight is 677 g/mol. The molecule has 0 saturated heterocycles. The maximum Gasteiger partial charge on any atom is 0.0110 e. The minimum atomic E-state index is 0.858. The van der Waals surface area contributed by atoms with Gasteiger partial charge in [0.1, 0.15) is 0 Å². The molecule has 0 bridgehead atoms. The fourth-order valence-electron chi connectivity index (χ4n) is 8.81. The van der Waals surface area contributed by atoms with Gasteiger partial charge in [-0.2, -0.15) is 0 Å². The van der Waals surface area contributed by atoms with Crippen molar-refractivity contribution in [3.8, 4) is 0 Å². The molecular weight excluding hydrogens is 626 g/mol. The summed E-state index contributed by atoms with van der Waals surface area (Å²) in [6.07, 6.45) is 30.9. The molecule has 0 radical (unpaired) electrons. The van der Waals surface area contributed by atoms with Gasteiger partial charge in [-0.25, -0.2) is 0 Å². The lowest BCUT2D eigenvalue weighted by atomic mass is 9.54. The number of alkyl halides is 2. The minimum absolute atomic E-state index is 0.858. The Hall–Kier alpha value is 0.940. The predicted molar refractivity (Wildman–Crippen MR) is 162 cm³/mol. The molecule has 6 atom stereocenters. The van der Waals surface area contributed by atoms with Crippen LogP contribution in [0.15, 0.2) is 24.8 Å². The fourth-order valence-corrected chi connectivity index (χ4v) is 10.3. The molecule has 0 aromatic heterocycles. The molecule has 4 aliphatic carbocycles. The molecule has 4 fully saturated rings. The van der Waals surface area contributed by atoms with E-state index in [2.05, 4.69) is 76.9 Å². The van der Waals surface area contributed by atoms with E-state index in [0.717, 1.165) is 55.2 Å². The minimum Gasteiger partial charge on any atom is -0.103 e. The molecule has 0 N–H and O–H groups in total. The molecule has 4 rings (SSSR count). The van der Waals surface area contributed by atoms with E-state index < -0.39 is 0 Å². The first-order chi connectivity index (χ1) is 16.1. The van der Waals surface area contributed by atoms with Crippen LogP contribution in [-0.4, -0.2) is 7.85 Å². The van der Waals surface area contributed by atoms with Gasteiger partial charge in [0.15, 0.2) is 0 Å². The van der Waals surface area contributed by atoms with Crippen molar-refractivity contribution in [1.82, 2.24) is 0 Å². The summed E-state index contributed by atoms with van der Waals surface area (Å²) in [5.74, 6) is 7.98. The first kappa shape index (κ1) is 27.0. The van der Waals surface area contributed by atoms with Crippen molar-refractivity contribution in [2.75, 3.05) is 0 Å². The predicted octanol–water partition coefficient (Wildman–Crippen LogP) is 10.6. The highest BCUT2D eigenvalue weighted by atomic mass is 127. The first-order valence-electron chi connectivity index (χ1n) is 14.6. The Morgan fingerprint density at radius 3 is 1.76 bits per heavy atom. The molecule has 4 aliphatic rings. The number of halogens is 2. The van der Waals surface area contributed by atoms with Gasteiger partial charge in [0.05, 0.1) is 0 Å². The quantitative estimate of drug-likeness (QED) is 0.143. The second-order valence-corrected chi connectivity index (χ2v) is 15.8. The van der Waals surface area contributed by atoms with E-state index in [9.17, 15) is 0 Å². The summed E-state index contributed by atoms with van der Waals surface area (Å²) in [5, 5.41) is 0. The summed E-state index contributed by atoms with van der Waals surface area (Å²) in [6, 6.07) is 0. The normalized spacial score (nSPS) is 45.2. The zero-order valence-corrected chi connectivity index (χ0v) is 25.6. The van der Waals surface area contributed by atoms with Gasteiger partial charge in [-0.15, -0.1) is 6.58 Å². The zero-order valence-electron chi connectivity index (χ0n) is 21.3. The highest BCUT2D eigenvalue weighted by molar-refractivity contribution is 14.1. The van der Waals surface area contributed by atoms with Crippen molar-refractivity contribution >= 4 is 45.2 Å². The molecule has 4 saturated carbocycles. The third-order valence-corrected chi connectivity index (χ3v) is 13.0. The molecule has 0 amide bonds. The van der Waals surface area contributed by atoms with Crippen molar-refractivity contribution in [2.24, 2.45) is 47.3 Å². The molecule has 33 heavy (non-hydrogen) atoms. The van der Waals surface area contributed by atoms with Gasteiger partial charge in [0.25, 0.3) is 0 Å². The number of hydrogen-bond donors (Lipinski definition) is 0. The third kappa shape index (κ3) is 7.25. The van der Waals surface area contributed by atoms with Crippen LogP contribution in [0.1, 0.15) is 110 Å². The highest BCUT2D eigenvalue weighted by Gasteiger charge is 2.46. The molecule has 0 aromatic rings. The van der Waals surface area contributed by atoms with Crippen molar-refractivity contribution in [2.45, 2.75) is 118 Å². The molecule has 2 heteroatoms. The van der Waals surface area contributed by atoms with E-state index in [1.54, 1.807) is 12.8 Å². The lowest BCUT2D eigenvalue weighted by molar-refractivity contribution is -0.0108. The lowest BCUT2D eigenvalue weighted by Crippen LogP contribution is -2.43. The average Bonchev–Trinajstić information content (AvgIpc) is 2.84. The van der Waals surface area contributed by atoms with Crippen LogP contribution in [-0.2, 0) is 0 Å². The molecule has 0 heterocycles. The van der Waals surface area contributed by atoms with Gasteiger partial charge in [-0.05, 0) is 151 Å². The lowest BCUT2D eigenvalue weighted by Gasteiger charge is -2.52. The maximum atomic E-state index is 4.05. The van der Waals surface area contributed by atoms with Gasteiger partial charge in [-0.1, -0.05) is 69.8 Å². The molecule has 0 nitrogen and oxygen atoms in total. The second-order valence-electron chi connectivity index (χ2n) is 12.3. The van der Waals surface area contributed by atoms with Crippen LogP contribution in [0.3, 0.4) is 0 Å². The van der Waals surface area contributed by atoms with Crippen LogP contribution < -0.4 is 0 Å². The van der Waals surface area contributed by atoms with E-state index >= 15 is 0 Å². The highest BCUT2D eigenvalue weighted by Crippen LogP contribution is 2.55. The molecule has 6 unspecified atom stereocenters. The molecule has 0 aromatic carbocycles. The SMILES string of the molecule is C=CCCC1CCC(C2CCC(I)CC2)C(C2CC(/C=C/C)CCC2C2CCC(I)CC2)C1. The van der Waals surface area contributed by atoms with E-state index in [4.69, 9.17) is 0 Å². The molecular formula is C31H50I2. The Morgan fingerprint density at radius 2 is 1.21 bits per heavy atom. The molecule has 0 aliphatic heterocycles. The van der Waals surface area contributed by atoms with Gasteiger partial charge < -0.3 is 0 Å². The summed E-state index contributed by atoms with van der Waals surface area (Å²) in [7, 11) is 0. The van der Waals surface area contributed by atoms with Crippen LogP contribution in [0.5, 0.6) is 0 Å². The summed E-state index contributed by atoms with van der Waals surface area (Å²) < 4.78 is 1.90. The van der Waals surface area contributed by atoms with Crippen LogP contribution in [0, 0.1) is 47.3 Å². The molecule has 0 spiro atoms. The van der Waals surface area contributed by atoms with Crippen LogP contribution in [0.4, 0.5) is 0 Å². The standard InChI is InChI=1S/C31H50I2/c1-3-5-7-23-9-19-29(25-12-16-27(33)17-13-25)31(21-23)30-20-22(6-4-2)8-18-28(30)24-10-14-26(32)15-11-24/h3-4,6,22-31H,1,5,7-21H2,2H3/b6-4+. The maximum absolute atomic E-state index is 4.05. The van der Waals surface area contributed by atoms with Gasteiger partial charge >= 0.3 is 0 Å². The monoisotopic (exact) mass is 676 g/mol. The number of hydrogen-bond acceptors (Lipinski definition) is 0. The van der Waals surface area contributed by atoms with Gasteiger partial charge in [0, 0.05) is 7.85 Å². The summed E-state index contributed by atoms with van der Waals surface area (Å²) in [6.45, 7) is 6.30. The first-order valence-corrected chi connectivity index (χ1v) is 17.1. The van der Waals surface area contributed by atoms with Crippen molar-refractivity contribution < 1.29 is 0 Å². The summed E-state index contributed by atoms with van der Waals surface area (Å²) in [4.78, 5) is 0. The van der Waals surface area contributed by atoms with E-state index in [0.29, 0.717) is 0 Å². The Bertz CT molecular complexity index is 610. The van der Waals surface area contributed by atoms with Crippen molar-refractivity contribution in [3.05, 3.63) is 24.8 Å². The van der Waals surface area contributed by atoms with Gasteiger partial charge in [0.2, 0.25) is 0 Å². The Balaban J connectivity index is 1.56. The molecule has 188 valence electrons. The smallest absolute Gasteiger partial charge is 0.0110 e. The zero-order chi connectivity index (χ0) is 23.2. The van der Waals surface area contributed by atoms with Crippen molar-refractivity contribution in [3.63, 3.8) is 0 Å². The van der Waals surface area contributed by atoms with Crippen LogP contribution >= 0.6 is 45.2 Å². The fraction of sp³-hybridized carbons (Fsp3) is 0.871. The largest absolute Gasteiger partial charge is 0.103 e. The van der Waals surface area contributed by atoms with Gasteiger partial charge in [-0.3, -0.25) is 0 Å².